The van der Waals surface area contributed by atoms with Gasteiger partial charge < -0.3 is 9.30 Å². The molecule has 0 aromatic carbocycles. The highest BCUT2D eigenvalue weighted by Crippen LogP contribution is 2.59. The van der Waals surface area contributed by atoms with E-state index in [1.54, 1.807) is 6.42 Å². The van der Waals surface area contributed by atoms with E-state index in [9.17, 15) is 0 Å². The van der Waals surface area contributed by atoms with Gasteiger partial charge in [0, 0.05) is 0 Å². The molecule has 0 aromatic heterocycles. The lowest BCUT2D eigenvalue weighted by Crippen LogP contribution is -2.64. The molecule has 0 saturated heterocycles. The van der Waals surface area contributed by atoms with Gasteiger partial charge in [0.2, 0.25) is 9.12 Å². The highest BCUT2D eigenvalue weighted by Gasteiger charge is 2.52. The summed E-state index contributed by atoms with van der Waals surface area (Å²) < 4.78 is 8.21. The largest absolute Gasteiger partial charge is 0.348 e. The van der Waals surface area contributed by atoms with Gasteiger partial charge in [0.15, 0.2) is 0 Å². The summed E-state index contributed by atoms with van der Waals surface area (Å²) in [6.45, 7) is 14.8. The quantitative estimate of drug-likeness (QED) is 0.554. The first-order valence-corrected chi connectivity index (χ1v) is 17.9. The topological polar surface area (TPSA) is 24.1 Å². The van der Waals surface area contributed by atoms with E-state index < -0.39 is 25.6 Å². The van der Waals surface area contributed by atoms with Crippen molar-refractivity contribution >= 4 is 25.6 Å². The summed E-state index contributed by atoms with van der Waals surface area (Å²) in [6.07, 6.45) is 9.51. The van der Waals surface area contributed by atoms with Crippen LogP contribution >= 0.6 is 0 Å². The van der Waals surface area contributed by atoms with Crippen molar-refractivity contribution in [2.45, 2.75) is 64.6 Å². The van der Waals surface area contributed by atoms with Gasteiger partial charge in [-0.25, -0.2) is 0 Å². The third-order valence-electron chi connectivity index (χ3n) is 5.66. The molecule has 125 valence electrons. The predicted octanol–water partition coefficient (Wildman–Crippen LogP) is 4.17. The number of allylic oxidation sites excluding steroid dienone is 2. The average Bonchev–Trinajstić information content (AvgIpc) is 2.93. The number of nitrogens with one attached hydrogen (secondary N) is 2. The fourth-order valence-corrected chi connectivity index (χ4v) is 15.1. The molecule has 2 nitrogen and oxygen atoms in total. The Hall–Kier alpha value is 0.311. The molecule has 3 aliphatic carbocycles. The van der Waals surface area contributed by atoms with Crippen LogP contribution in [0.3, 0.4) is 0 Å². The van der Waals surface area contributed by atoms with Crippen LogP contribution in [0.15, 0.2) is 12.2 Å². The van der Waals surface area contributed by atoms with Gasteiger partial charge in [-0.15, -0.1) is 0 Å². The Balaban J connectivity index is 1.65. The molecule has 5 heteroatoms. The van der Waals surface area contributed by atoms with Crippen molar-refractivity contribution in [3.63, 3.8) is 0 Å². The SMILES string of the molecule is C[Si](C)(C)N[Si](CC1CC2CC1C1C=CCC21)N[Si](C)(C)C. The lowest BCUT2D eigenvalue weighted by molar-refractivity contribution is 0.223. The lowest BCUT2D eigenvalue weighted by atomic mass is 9.76. The van der Waals surface area contributed by atoms with Gasteiger partial charge in [0.1, 0.15) is 16.5 Å². The minimum Gasteiger partial charge on any atom is -0.348 e. The van der Waals surface area contributed by atoms with Gasteiger partial charge in [0.25, 0.3) is 0 Å². The molecule has 2 fully saturated rings. The molecule has 22 heavy (non-hydrogen) atoms. The summed E-state index contributed by atoms with van der Waals surface area (Å²) in [5.74, 6) is 5.05. The Morgan fingerprint density at radius 1 is 0.955 bits per heavy atom. The van der Waals surface area contributed by atoms with Crippen LogP contribution in [0.2, 0.25) is 45.3 Å². The second-order valence-corrected chi connectivity index (χ2v) is 22.4. The van der Waals surface area contributed by atoms with Gasteiger partial charge >= 0.3 is 0 Å². The number of fused-ring (bicyclic) bond motifs is 5. The van der Waals surface area contributed by atoms with Crippen molar-refractivity contribution in [1.29, 1.82) is 0 Å². The van der Waals surface area contributed by atoms with E-state index in [1.807, 2.05) is 0 Å². The van der Waals surface area contributed by atoms with E-state index >= 15 is 0 Å². The molecule has 5 unspecified atom stereocenters. The highest BCUT2D eigenvalue weighted by molar-refractivity contribution is 6.89. The fourth-order valence-electron chi connectivity index (χ4n) is 5.22. The Labute approximate surface area is 141 Å². The van der Waals surface area contributed by atoms with E-state index in [0.29, 0.717) is 0 Å². The molecular formula is C17H35N2Si3. The van der Waals surface area contributed by atoms with Crippen LogP contribution in [0.25, 0.3) is 0 Å². The number of rotatable bonds is 6. The van der Waals surface area contributed by atoms with E-state index in [0.717, 1.165) is 29.6 Å². The molecule has 2 bridgehead atoms. The van der Waals surface area contributed by atoms with Gasteiger partial charge in [-0.3, -0.25) is 0 Å². The van der Waals surface area contributed by atoms with Crippen LogP contribution in [0, 0.1) is 29.6 Å². The van der Waals surface area contributed by atoms with Crippen molar-refractivity contribution in [2.75, 3.05) is 0 Å². The minimum atomic E-state index is -1.20. The first kappa shape index (κ1) is 17.1. The van der Waals surface area contributed by atoms with E-state index in [-0.39, 0.29) is 0 Å². The van der Waals surface area contributed by atoms with Crippen LogP contribution < -0.4 is 9.30 Å². The number of hydrogen-bond donors (Lipinski definition) is 2. The summed E-state index contributed by atoms with van der Waals surface area (Å²) in [5.41, 5.74) is 0. The average molecular weight is 352 g/mol. The molecule has 0 aromatic rings. The zero-order valence-electron chi connectivity index (χ0n) is 15.4. The molecule has 2 N–H and O–H groups in total. The third kappa shape index (κ3) is 3.86. The molecule has 0 aliphatic heterocycles. The van der Waals surface area contributed by atoms with Gasteiger partial charge in [-0.1, -0.05) is 51.4 Å². The van der Waals surface area contributed by atoms with Crippen molar-refractivity contribution < 1.29 is 0 Å². The van der Waals surface area contributed by atoms with Crippen molar-refractivity contribution in [3.05, 3.63) is 12.2 Å². The van der Waals surface area contributed by atoms with Gasteiger partial charge in [-0.05, 0) is 54.9 Å². The van der Waals surface area contributed by atoms with E-state index in [2.05, 4.69) is 60.7 Å². The van der Waals surface area contributed by atoms with Crippen LogP contribution in [0.5, 0.6) is 0 Å². The van der Waals surface area contributed by atoms with Crippen LogP contribution in [0.1, 0.15) is 19.3 Å². The predicted molar refractivity (Wildman–Crippen MR) is 104 cm³/mol. The standard InChI is InChI=1S/C17H35N2Si3/c1-21(2,3)18-20(19-22(4,5)6)12-14-10-13-11-17(14)16-9-7-8-15(13)16/h7,9,13-19H,8,10-12H2,1-6H3. The maximum absolute atomic E-state index is 4.11. The summed E-state index contributed by atoms with van der Waals surface area (Å²) in [4.78, 5) is 0. The molecule has 2 saturated carbocycles. The Morgan fingerprint density at radius 3 is 2.18 bits per heavy atom. The minimum absolute atomic E-state index is 0.593. The van der Waals surface area contributed by atoms with Crippen LogP contribution in [0.4, 0.5) is 0 Å². The molecule has 0 heterocycles. The van der Waals surface area contributed by atoms with Crippen molar-refractivity contribution in [3.8, 4) is 0 Å². The Morgan fingerprint density at radius 2 is 1.59 bits per heavy atom. The normalized spacial score (nSPS) is 37.3. The third-order valence-corrected chi connectivity index (χ3v) is 15.0. The molecule has 1 radical (unpaired) electrons. The Bertz CT molecular complexity index is 422. The molecule has 0 amide bonds. The maximum atomic E-state index is 4.11. The first-order valence-electron chi connectivity index (χ1n) is 9.21. The summed E-state index contributed by atoms with van der Waals surface area (Å²) in [7, 11) is -2.99. The second kappa shape index (κ2) is 5.99. The van der Waals surface area contributed by atoms with Crippen molar-refractivity contribution in [2.24, 2.45) is 29.6 Å². The summed E-state index contributed by atoms with van der Waals surface area (Å²) in [6, 6.07) is 1.46. The molecule has 5 atom stereocenters. The van der Waals surface area contributed by atoms with Gasteiger partial charge in [0.05, 0.1) is 0 Å². The lowest BCUT2D eigenvalue weighted by Gasteiger charge is -2.36. The van der Waals surface area contributed by atoms with Crippen LogP contribution in [-0.2, 0) is 0 Å². The second-order valence-electron chi connectivity index (χ2n) is 9.99. The summed E-state index contributed by atoms with van der Waals surface area (Å²) >= 11 is 0. The zero-order valence-corrected chi connectivity index (χ0v) is 18.4. The smallest absolute Gasteiger partial charge is 0.209 e. The molecule has 3 rings (SSSR count). The number of hydrogen-bond acceptors (Lipinski definition) is 2. The highest BCUT2D eigenvalue weighted by atomic mass is 28.4. The van der Waals surface area contributed by atoms with Gasteiger partial charge in [-0.2, -0.15) is 0 Å². The maximum Gasteiger partial charge on any atom is 0.209 e. The van der Waals surface area contributed by atoms with Crippen LogP contribution in [-0.4, -0.2) is 25.6 Å². The van der Waals surface area contributed by atoms with Crippen molar-refractivity contribution in [1.82, 2.24) is 9.30 Å². The van der Waals surface area contributed by atoms with E-state index in [4.69, 9.17) is 0 Å². The molecule has 3 aliphatic rings. The zero-order chi connectivity index (χ0) is 16.1. The summed E-state index contributed by atoms with van der Waals surface area (Å²) in [5, 5.41) is 0. The molecular weight excluding hydrogens is 316 g/mol. The monoisotopic (exact) mass is 351 g/mol. The molecule has 0 spiro atoms. The fraction of sp³-hybridized carbons (Fsp3) is 0.882. The Kier molecular flexibility index (Phi) is 4.67. The van der Waals surface area contributed by atoms with E-state index in [1.165, 1.54) is 18.9 Å². The first-order chi connectivity index (χ1) is 10.1.